The third-order valence-corrected chi connectivity index (χ3v) is 7.76. The second kappa shape index (κ2) is 11.0. The molecule has 0 saturated heterocycles. The van der Waals surface area contributed by atoms with Crippen LogP contribution in [0.5, 0.6) is 5.75 Å². The molecule has 178 valence electrons. The highest BCUT2D eigenvalue weighted by Gasteiger charge is 2.43. The predicted molar refractivity (Wildman–Crippen MR) is 144 cm³/mol. The fourth-order valence-electron chi connectivity index (χ4n) is 3.27. The van der Waals surface area contributed by atoms with Gasteiger partial charge >= 0.3 is 12.5 Å². The van der Waals surface area contributed by atoms with E-state index < -0.39 is 12.5 Å². The third kappa shape index (κ3) is 5.81. The van der Waals surface area contributed by atoms with Crippen LogP contribution >= 0.6 is 56.9 Å². The van der Waals surface area contributed by atoms with Crippen molar-refractivity contribution in [3.8, 4) is 11.4 Å². The van der Waals surface area contributed by atoms with Gasteiger partial charge in [0, 0.05) is 20.3 Å². The van der Waals surface area contributed by atoms with Crippen LogP contribution in [0.1, 0.15) is 16.7 Å². The molecule has 1 aromatic heterocycles. The molecule has 0 aliphatic rings. The number of hydrogen-bond acceptors (Lipinski definition) is 3. The summed E-state index contributed by atoms with van der Waals surface area (Å²) in [4.78, 5) is 4.79. The molecule has 0 fully saturated rings. The van der Waals surface area contributed by atoms with Gasteiger partial charge in [-0.15, -0.1) is 0 Å². The fourth-order valence-corrected chi connectivity index (χ4v) is 5.23. The molecule has 0 radical (unpaired) electrons. The fraction of sp³-hybridized carbons (Fsp3) is 0.208. The smallest absolute Gasteiger partial charge is 0.428 e. The first kappa shape index (κ1) is 25.5. The summed E-state index contributed by atoms with van der Waals surface area (Å²) in [5.74, 6) is 0.363. The van der Waals surface area contributed by atoms with Gasteiger partial charge in [-0.25, -0.2) is 4.98 Å². The van der Waals surface area contributed by atoms with Crippen LogP contribution in [0.4, 0.5) is 17.6 Å². The maximum atomic E-state index is 13.3. The average Bonchev–Trinajstić information content (AvgIpc) is 3.20. The Morgan fingerprint density at radius 1 is 0.882 bits per heavy atom. The highest BCUT2D eigenvalue weighted by atomic mass is 127. The Labute approximate surface area is 225 Å². The molecule has 0 N–H and O–H groups in total. The molecule has 4 aromatic rings. The molecule has 0 saturated carbocycles. The van der Waals surface area contributed by atoms with Gasteiger partial charge in [0.05, 0.1) is 11.0 Å². The topological polar surface area (TPSA) is 27.1 Å². The monoisotopic (exact) mass is 712 g/mol. The van der Waals surface area contributed by atoms with Crippen molar-refractivity contribution in [3.05, 3.63) is 83.4 Å². The van der Waals surface area contributed by atoms with E-state index in [1.54, 1.807) is 23.9 Å². The van der Waals surface area contributed by atoms with E-state index in [4.69, 9.17) is 4.98 Å². The van der Waals surface area contributed by atoms with Gasteiger partial charge in [0.15, 0.2) is 5.16 Å². The second-order valence-electron chi connectivity index (χ2n) is 7.38. The number of halogens is 6. The summed E-state index contributed by atoms with van der Waals surface area (Å²) in [6.07, 6.45) is -8.46. The molecule has 4 rings (SSSR count). The number of benzene rings is 3. The van der Waals surface area contributed by atoms with Gasteiger partial charge in [-0.05, 0) is 53.1 Å². The Kier molecular flexibility index (Phi) is 8.28. The Hall–Kier alpha value is -1.54. The van der Waals surface area contributed by atoms with Crippen molar-refractivity contribution >= 4 is 68.0 Å². The zero-order valence-electron chi connectivity index (χ0n) is 17.5. The third-order valence-electron chi connectivity index (χ3n) is 4.99. The molecule has 10 heteroatoms. The lowest BCUT2D eigenvalue weighted by molar-refractivity contribution is -0.253. The average molecular weight is 712 g/mol. The van der Waals surface area contributed by atoms with Crippen molar-refractivity contribution in [1.29, 1.82) is 0 Å². The van der Waals surface area contributed by atoms with Gasteiger partial charge in [0.25, 0.3) is 0 Å². The lowest BCUT2D eigenvalue weighted by Crippen LogP contribution is -2.33. The number of alkyl halides is 6. The van der Waals surface area contributed by atoms with Gasteiger partial charge < -0.3 is 4.74 Å². The molecule has 3 nitrogen and oxygen atoms in total. The van der Waals surface area contributed by atoms with E-state index in [2.05, 4.69) is 74.2 Å². The molecule has 0 amide bonds. The Balaban J connectivity index is 1.68. The zero-order chi connectivity index (χ0) is 24.3. The molecule has 3 aromatic carbocycles. The quantitative estimate of drug-likeness (QED) is 0.0755. The van der Waals surface area contributed by atoms with Gasteiger partial charge in [0.1, 0.15) is 5.75 Å². The molecule has 0 unspecified atom stereocenters. The number of ether oxygens (including phenoxy) is 1. The first-order chi connectivity index (χ1) is 16.3. The van der Waals surface area contributed by atoms with Crippen LogP contribution in [0.15, 0.2) is 71.9 Å². The largest absolute Gasteiger partial charge is 0.461 e. The first-order valence-corrected chi connectivity index (χ1v) is 14.1. The van der Waals surface area contributed by atoms with Crippen molar-refractivity contribution < 1.29 is 22.3 Å². The maximum absolute atomic E-state index is 13.3. The summed E-state index contributed by atoms with van der Waals surface area (Å²) in [6, 6.07) is 20.1. The van der Waals surface area contributed by atoms with Crippen molar-refractivity contribution in [1.82, 2.24) is 9.55 Å². The normalized spacial score (nSPS) is 12.0. The molecular formula is C24H18F4I2N2OS. The minimum Gasteiger partial charge on any atom is -0.428 e. The number of imidazole rings is 1. The van der Waals surface area contributed by atoms with E-state index in [1.807, 2.05) is 22.8 Å². The SMILES string of the molecule is FC(F)C(F)(F)Oc1ccc(-n2c(SCc3ccc(CI)cc3)nc3ccc(CI)cc32)cc1. The summed E-state index contributed by atoms with van der Waals surface area (Å²) in [5.41, 5.74) is 5.89. The highest BCUT2D eigenvalue weighted by Crippen LogP contribution is 2.33. The zero-order valence-corrected chi connectivity index (χ0v) is 22.7. The molecule has 0 bridgehead atoms. The van der Waals surface area contributed by atoms with Gasteiger partial charge in [-0.3, -0.25) is 4.57 Å². The number of hydrogen-bond donors (Lipinski definition) is 0. The Bertz CT molecular complexity index is 1260. The number of rotatable bonds is 9. The summed E-state index contributed by atoms with van der Waals surface area (Å²) in [5, 5.41) is 0.741. The highest BCUT2D eigenvalue weighted by molar-refractivity contribution is 14.1. The van der Waals surface area contributed by atoms with Crippen molar-refractivity contribution in [2.75, 3.05) is 0 Å². The second-order valence-corrected chi connectivity index (χ2v) is 9.85. The first-order valence-electron chi connectivity index (χ1n) is 10.1. The van der Waals surface area contributed by atoms with Crippen LogP contribution in [0.3, 0.4) is 0 Å². The molecular weight excluding hydrogens is 694 g/mol. The number of fused-ring (bicyclic) bond motifs is 1. The molecule has 1 heterocycles. The summed E-state index contributed by atoms with van der Waals surface area (Å²) in [6.45, 7) is 0. The van der Waals surface area contributed by atoms with Crippen molar-refractivity contribution in [3.63, 3.8) is 0 Å². The van der Waals surface area contributed by atoms with E-state index >= 15 is 0 Å². The van der Waals surface area contributed by atoms with Crippen molar-refractivity contribution in [2.24, 2.45) is 0 Å². The van der Waals surface area contributed by atoms with Crippen LogP contribution in [0, 0.1) is 0 Å². The molecule has 0 aliphatic carbocycles. The van der Waals surface area contributed by atoms with E-state index in [9.17, 15) is 17.6 Å². The minimum atomic E-state index is -4.55. The van der Waals surface area contributed by atoms with E-state index in [1.165, 1.54) is 17.7 Å². The summed E-state index contributed by atoms with van der Waals surface area (Å²) in [7, 11) is 0. The number of aromatic nitrogens is 2. The van der Waals surface area contributed by atoms with E-state index in [0.717, 1.165) is 36.2 Å². The Morgan fingerprint density at radius 2 is 1.50 bits per heavy atom. The van der Waals surface area contributed by atoms with E-state index in [-0.39, 0.29) is 5.75 Å². The lowest BCUT2D eigenvalue weighted by atomic mass is 10.2. The summed E-state index contributed by atoms with van der Waals surface area (Å²) < 4.78 is 59.4. The predicted octanol–water partition coefficient (Wildman–Crippen LogP) is 8.42. The minimum absolute atomic E-state index is 0.337. The van der Waals surface area contributed by atoms with E-state index in [0.29, 0.717) is 11.4 Å². The standard InChI is InChI=1S/C24H18F4I2N2OS/c25-22(26)24(27,28)33-19-8-6-18(7-9-19)32-21-11-17(13-30)5-10-20(21)31-23(32)34-14-16-3-1-15(12-29)2-4-16/h1-11,22H,12-14H2. The van der Waals surface area contributed by atoms with Gasteiger partial charge in [-0.2, -0.15) is 17.6 Å². The van der Waals surface area contributed by atoms with Crippen LogP contribution in [0.2, 0.25) is 0 Å². The van der Waals surface area contributed by atoms with Crippen LogP contribution < -0.4 is 4.74 Å². The van der Waals surface area contributed by atoms with Crippen LogP contribution in [-0.4, -0.2) is 22.1 Å². The molecule has 0 spiro atoms. The van der Waals surface area contributed by atoms with Crippen molar-refractivity contribution in [2.45, 2.75) is 32.3 Å². The maximum Gasteiger partial charge on any atom is 0.461 e. The van der Waals surface area contributed by atoms with Crippen LogP contribution in [-0.2, 0) is 14.6 Å². The molecule has 0 atom stereocenters. The molecule has 34 heavy (non-hydrogen) atoms. The number of nitrogens with zero attached hydrogens (tertiary/aromatic N) is 2. The van der Waals surface area contributed by atoms with Crippen LogP contribution in [0.25, 0.3) is 16.7 Å². The number of thioether (sulfide) groups is 1. The van der Waals surface area contributed by atoms with Gasteiger partial charge in [0.2, 0.25) is 0 Å². The summed E-state index contributed by atoms with van der Waals surface area (Å²) >= 11 is 6.18. The molecule has 0 aliphatic heterocycles. The Morgan fingerprint density at radius 3 is 2.12 bits per heavy atom. The lowest BCUT2D eigenvalue weighted by Gasteiger charge is -2.17. The van der Waals surface area contributed by atoms with Gasteiger partial charge in [-0.1, -0.05) is 87.3 Å².